The number of methoxy groups -OCH3 is 1. The molecule has 2 aromatic rings. The first kappa shape index (κ1) is 12.8. The summed E-state index contributed by atoms with van der Waals surface area (Å²) in [5.74, 6) is 0.674. The zero-order valence-corrected chi connectivity index (χ0v) is 11.0. The molecule has 1 N–H and O–H groups in total. The normalized spacial score (nSPS) is 16.6. The van der Waals surface area contributed by atoms with Gasteiger partial charge in [-0.05, 0) is 17.7 Å². The molecule has 1 aromatic heterocycles. The van der Waals surface area contributed by atoms with E-state index in [1.54, 1.807) is 24.4 Å². The number of benzene rings is 1. The minimum Gasteiger partial charge on any atom is -0.481 e. The molecule has 1 saturated heterocycles. The zero-order valence-electron chi connectivity index (χ0n) is 11.0. The lowest BCUT2D eigenvalue weighted by molar-refractivity contribution is 0.00642. The third kappa shape index (κ3) is 2.18. The highest BCUT2D eigenvalue weighted by atomic mass is 19.1. The third-order valence-corrected chi connectivity index (χ3v) is 3.40. The predicted octanol–water partition coefficient (Wildman–Crippen LogP) is 1.33. The van der Waals surface area contributed by atoms with E-state index in [1.807, 2.05) is 4.90 Å². The molecule has 1 fully saturated rings. The molecule has 2 heterocycles. The molecule has 6 heteroatoms. The van der Waals surface area contributed by atoms with Crippen LogP contribution in [0.2, 0.25) is 0 Å². The van der Waals surface area contributed by atoms with Gasteiger partial charge in [0.2, 0.25) is 11.8 Å². The van der Waals surface area contributed by atoms with Gasteiger partial charge in [0.05, 0.1) is 20.2 Å². The highest BCUT2D eigenvalue weighted by Gasteiger charge is 2.43. The number of nitrogens with zero attached hydrogens (tertiary/aromatic N) is 3. The first-order valence-electron chi connectivity index (χ1n) is 6.21. The van der Waals surface area contributed by atoms with E-state index in [2.05, 4.69) is 9.97 Å². The zero-order chi connectivity index (χ0) is 14.2. The van der Waals surface area contributed by atoms with Crippen LogP contribution in [0.3, 0.4) is 0 Å². The molecular weight excluding hydrogens is 261 g/mol. The molecule has 1 aromatic carbocycles. The Balaban J connectivity index is 1.75. The van der Waals surface area contributed by atoms with Crippen molar-refractivity contribution in [2.75, 3.05) is 25.1 Å². The Morgan fingerprint density at radius 3 is 2.60 bits per heavy atom. The maximum Gasteiger partial charge on any atom is 0.228 e. The summed E-state index contributed by atoms with van der Waals surface area (Å²) in [4.78, 5) is 10.2. The SMILES string of the molecule is COc1ccnc(N2CC(O)(c3ccc(F)cc3)C2)n1. The van der Waals surface area contributed by atoms with Crippen molar-refractivity contribution in [3.63, 3.8) is 0 Å². The molecule has 5 nitrogen and oxygen atoms in total. The maximum absolute atomic E-state index is 12.9. The Labute approximate surface area is 115 Å². The summed E-state index contributed by atoms with van der Waals surface area (Å²) < 4.78 is 17.9. The van der Waals surface area contributed by atoms with E-state index >= 15 is 0 Å². The van der Waals surface area contributed by atoms with Crippen molar-refractivity contribution in [1.82, 2.24) is 9.97 Å². The molecule has 0 amide bonds. The van der Waals surface area contributed by atoms with E-state index in [1.165, 1.54) is 19.2 Å². The van der Waals surface area contributed by atoms with Gasteiger partial charge in [-0.2, -0.15) is 4.98 Å². The van der Waals surface area contributed by atoms with Gasteiger partial charge in [-0.1, -0.05) is 12.1 Å². The lowest BCUT2D eigenvalue weighted by Gasteiger charge is -2.46. The Hall–Kier alpha value is -2.21. The number of halogens is 1. The van der Waals surface area contributed by atoms with Crippen molar-refractivity contribution in [1.29, 1.82) is 0 Å². The second kappa shape index (κ2) is 4.72. The number of hydrogen-bond donors (Lipinski definition) is 1. The first-order chi connectivity index (χ1) is 9.60. The Bertz CT molecular complexity index is 612. The topological polar surface area (TPSA) is 58.5 Å². The van der Waals surface area contributed by atoms with Crippen LogP contribution < -0.4 is 9.64 Å². The largest absolute Gasteiger partial charge is 0.481 e. The van der Waals surface area contributed by atoms with Crippen LogP contribution in [0, 0.1) is 5.82 Å². The lowest BCUT2D eigenvalue weighted by Crippen LogP contribution is -2.60. The van der Waals surface area contributed by atoms with E-state index in [0.717, 1.165) is 0 Å². The van der Waals surface area contributed by atoms with Crippen LogP contribution in [0.1, 0.15) is 5.56 Å². The highest BCUT2D eigenvalue weighted by molar-refractivity contribution is 5.42. The van der Waals surface area contributed by atoms with Crippen molar-refractivity contribution in [2.24, 2.45) is 0 Å². The fourth-order valence-electron chi connectivity index (χ4n) is 2.27. The third-order valence-electron chi connectivity index (χ3n) is 3.40. The summed E-state index contributed by atoms with van der Waals surface area (Å²) in [6.45, 7) is 0.734. The van der Waals surface area contributed by atoms with Crippen molar-refractivity contribution in [2.45, 2.75) is 5.60 Å². The van der Waals surface area contributed by atoms with Crippen LogP contribution in [-0.4, -0.2) is 35.3 Å². The molecular formula is C14H14FN3O2. The van der Waals surface area contributed by atoms with Gasteiger partial charge < -0.3 is 14.7 Å². The van der Waals surface area contributed by atoms with E-state index < -0.39 is 5.60 Å². The molecule has 0 atom stereocenters. The fourth-order valence-corrected chi connectivity index (χ4v) is 2.27. The second-order valence-electron chi connectivity index (χ2n) is 4.79. The van der Waals surface area contributed by atoms with Crippen LogP contribution in [-0.2, 0) is 5.60 Å². The van der Waals surface area contributed by atoms with Crippen molar-refractivity contribution in [3.8, 4) is 5.88 Å². The minimum atomic E-state index is -0.986. The van der Waals surface area contributed by atoms with Crippen molar-refractivity contribution < 1.29 is 14.2 Å². The maximum atomic E-state index is 12.9. The number of ether oxygens (including phenoxy) is 1. The monoisotopic (exact) mass is 275 g/mol. The highest BCUT2D eigenvalue weighted by Crippen LogP contribution is 2.34. The molecule has 0 unspecified atom stereocenters. The van der Waals surface area contributed by atoms with Crippen LogP contribution in [0.4, 0.5) is 10.3 Å². The second-order valence-corrected chi connectivity index (χ2v) is 4.79. The number of aromatic nitrogens is 2. The molecule has 104 valence electrons. The molecule has 0 saturated carbocycles. The molecule has 0 radical (unpaired) electrons. The van der Waals surface area contributed by atoms with Gasteiger partial charge in [-0.3, -0.25) is 0 Å². The average Bonchev–Trinajstić information content (AvgIpc) is 2.45. The van der Waals surface area contributed by atoms with E-state index in [0.29, 0.717) is 30.5 Å². The Morgan fingerprint density at radius 2 is 1.95 bits per heavy atom. The Kier molecular flexibility index (Phi) is 3.02. The van der Waals surface area contributed by atoms with Crippen LogP contribution in [0.5, 0.6) is 5.88 Å². The number of aliphatic hydroxyl groups is 1. The number of rotatable bonds is 3. The number of β-amino-alcohol motifs (C(OH)–C–C–N with tert-alkyl or cyclic N) is 1. The van der Waals surface area contributed by atoms with Crippen molar-refractivity contribution >= 4 is 5.95 Å². The molecule has 0 spiro atoms. The smallest absolute Gasteiger partial charge is 0.228 e. The molecule has 1 aliphatic heterocycles. The van der Waals surface area contributed by atoms with E-state index in [9.17, 15) is 9.50 Å². The van der Waals surface area contributed by atoms with Gasteiger partial charge in [-0.15, -0.1) is 0 Å². The fraction of sp³-hybridized carbons (Fsp3) is 0.286. The standard InChI is InChI=1S/C14H14FN3O2/c1-20-12-6-7-16-13(17-12)18-8-14(19,9-18)10-2-4-11(15)5-3-10/h2-7,19H,8-9H2,1H3. The molecule has 20 heavy (non-hydrogen) atoms. The van der Waals surface area contributed by atoms with Gasteiger partial charge in [0.15, 0.2) is 0 Å². The Morgan fingerprint density at radius 1 is 1.25 bits per heavy atom. The van der Waals surface area contributed by atoms with Crippen molar-refractivity contribution in [3.05, 3.63) is 47.9 Å². The summed E-state index contributed by atoms with van der Waals surface area (Å²) in [5, 5.41) is 10.5. The van der Waals surface area contributed by atoms with Gasteiger partial charge in [0, 0.05) is 12.3 Å². The van der Waals surface area contributed by atoms with Gasteiger partial charge in [0.25, 0.3) is 0 Å². The molecule has 0 aliphatic carbocycles. The lowest BCUT2D eigenvalue weighted by atomic mass is 9.86. The van der Waals surface area contributed by atoms with E-state index in [4.69, 9.17) is 4.74 Å². The van der Waals surface area contributed by atoms with Gasteiger partial charge in [0.1, 0.15) is 11.4 Å². The predicted molar refractivity (Wildman–Crippen MR) is 71.1 cm³/mol. The summed E-state index contributed by atoms with van der Waals surface area (Å²) in [6, 6.07) is 7.55. The van der Waals surface area contributed by atoms with Gasteiger partial charge >= 0.3 is 0 Å². The summed E-state index contributed by atoms with van der Waals surface area (Å²) in [6.07, 6.45) is 1.61. The summed E-state index contributed by atoms with van der Waals surface area (Å²) in [7, 11) is 1.54. The minimum absolute atomic E-state index is 0.315. The number of hydrogen-bond acceptors (Lipinski definition) is 5. The average molecular weight is 275 g/mol. The summed E-state index contributed by atoms with van der Waals surface area (Å²) >= 11 is 0. The molecule has 1 aliphatic rings. The molecule has 0 bridgehead atoms. The van der Waals surface area contributed by atoms with Crippen LogP contribution >= 0.6 is 0 Å². The number of anilines is 1. The quantitative estimate of drug-likeness (QED) is 0.916. The summed E-state index contributed by atoms with van der Waals surface area (Å²) in [5.41, 5.74) is -0.293. The van der Waals surface area contributed by atoms with Gasteiger partial charge in [-0.25, -0.2) is 9.37 Å². The van der Waals surface area contributed by atoms with E-state index in [-0.39, 0.29) is 5.82 Å². The van der Waals surface area contributed by atoms with Crippen LogP contribution in [0.15, 0.2) is 36.5 Å². The molecule has 3 rings (SSSR count). The first-order valence-corrected chi connectivity index (χ1v) is 6.21. The van der Waals surface area contributed by atoms with Crippen LogP contribution in [0.25, 0.3) is 0 Å².